The van der Waals surface area contributed by atoms with E-state index in [1.165, 1.54) is 33.3 Å². The molecule has 0 spiro atoms. The number of hydrogen-bond acceptors (Lipinski definition) is 9. The van der Waals surface area contributed by atoms with Crippen molar-refractivity contribution in [1.29, 1.82) is 0 Å². The summed E-state index contributed by atoms with van der Waals surface area (Å²) in [5, 5.41) is 7.24. The van der Waals surface area contributed by atoms with Crippen molar-refractivity contribution in [3.05, 3.63) is 112 Å². The van der Waals surface area contributed by atoms with E-state index in [0.29, 0.717) is 47.3 Å². The molecule has 4 aliphatic rings. The molecule has 2 aromatic heterocycles. The second kappa shape index (κ2) is 14.6. The zero-order chi connectivity index (χ0) is 38.5. The lowest BCUT2D eigenvalue weighted by Gasteiger charge is -2.36. The number of hydrogen-bond donors (Lipinski definition) is 2. The maximum absolute atomic E-state index is 15.9. The zero-order valence-corrected chi connectivity index (χ0v) is 31.0. The molecule has 0 radical (unpaired) electrons. The number of urea groups is 1. The van der Waals surface area contributed by atoms with Crippen LogP contribution in [0.2, 0.25) is 0 Å². The first-order valence-corrected chi connectivity index (χ1v) is 19.4. The molecule has 5 aromatic rings. The molecule has 286 valence electrons. The molecule has 16 heteroatoms. The van der Waals surface area contributed by atoms with Gasteiger partial charge in [-0.05, 0) is 60.4 Å². The predicted molar refractivity (Wildman–Crippen MR) is 205 cm³/mol. The molecular weight excluding hydrogens is 741 g/mol. The van der Waals surface area contributed by atoms with E-state index in [-0.39, 0.29) is 36.5 Å². The Morgan fingerprint density at radius 1 is 0.875 bits per heavy atom. The van der Waals surface area contributed by atoms with E-state index >= 15 is 8.78 Å². The van der Waals surface area contributed by atoms with E-state index in [9.17, 15) is 19.2 Å². The van der Waals surface area contributed by atoms with Gasteiger partial charge in [0, 0.05) is 97.6 Å². The van der Waals surface area contributed by atoms with Crippen LogP contribution in [-0.2, 0) is 35.6 Å². The van der Waals surface area contributed by atoms with Gasteiger partial charge in [0.05, 0.1) is 18.6 Å². The number of imidazole rings is 1. The van der Waals surface area contributed by atoms with Crippen molar-refractivity contribution in [3.63, 3.8) is 0 Å². The molecule has 3 aromatic carbocycles. The fourth-order valence-corrected chi connectivity index (χ4v) is 8.61. The molecule has 6 heterocycles. The Kier molecular flexibility index (Phi) is 9.29. The maximum atomic E-state index is 15.9. The quantitative estimate of drug-likeness (QED) is 0.205. The van der Waals surface area contributed by atoms with Crippen molar-refractivity contribution in [1.82, 2.24) is 29.7 Å². The van der Waals surface area contributed by atoms with Gasteiger partial charge in [0.15, 0.2) is 11.2 Å². The summed E-state index contributed by atoms with van der Waals surface area (Å²) >= 11 is 1.27. The highest BCUT2D eigenvalue weighted by molar-refractivity contribution is 7.13. The van der Waals surface area contributed by atoms with Gasteiger partial charge in [-0.25, -0.2) is 23.5 Å². The Balaban J connectivity index is 0.864. The summed E-state index contributed by atoms with van der Waals surface area (Å²) in [6.45, 7) is 4.21. The number of halogens is 2. The number of aryl methyl sites for hydroxylation is 1. The van der Waals surface area contributed by atoms with Crippen LogP contribution >= 0.6 is 11.3 Å². The first-order valence-electron chi connectivity index (χ1n) is 18.6. The van der Waals surface area contributed by atoms with Gasteiger partial charge < -0.3 is 14.4 Å². The van der Waals surface area contributed by atoms with Crippen LogP contribution < -0.4 is 20.4 Å². The molecule has 4 aliphatic heterocycles. The summed E-state index contributed by atoms with van der Waals surface area (Å²) < 4.78 is 33.0. The fraction of sp³-hybridized carbons (Fsp3) is 0.300. The van der Waals surface area contributed by atoms with Gasteiger partial charge >= 0.3 is 6.03 Å². The Hall–Kier alpha value is -6.00. The van der Waals surface area contributed by atoms with Crippen molar-refractivity contribution in [2.45, 2.75) is 44.9 Å². The highest BCUT2D eigenvalue weighted by atomic mass is 32.1. The third-order valence-corrected chi connectivity index (χ3v) is 11.7. The minimum absolute atomic E-state index is 0.0636. The molecule has 5 amide bonds. The smallest absolute Gasteiger partial charge is 0.328 e. The van der Waals surface area contributed by atoms with Gasteiger partial charge in [-0.1, -0.05) is 18.2 Å². The summed E-state index contributed by atoms with van der Waals surface area (Å²) in [4.78, 5) is 67.5. The summed E-state index contributed by atoms with van der Waals surface area (Å²) in [6, 6.07) is 14.1. The van der Waals surface area contributed by atoms with Crippen molar-refractivity contribution in [3.8, 4) is 11.1 Å². The van der Waals surface area contributed by atoms with Crippen LogP contribution in [0.3, 0.4) is 0 Å². The SMILES string of the molecule is O=C1CCN(c2ccc(CN3CCN(c4ccc(-c5cc(F)c6c(c5)C(=O)N(C(C(=O)Nc5nccs5)c5ncn7c5CCC7)C6)cc4)CC3)c(F)c2)C(=O)N1. The van der Waals surface area contributed by atoms with E-state index in [0.717, 1.165) is 49.4 Å². The van der Waals surface area contributed by atoms with Gasteiger partial charge in [-0.15, -0.1) is 11.3 Å². The number of imide groups is 1. The number of thiazole rings is 1. The average Bonchev–Trinajstić information content (AvgIpc) is 4.01. The third-order valence-electron chi connectivity index (χ3n) is 11.0. The molecule has 0 aliphatic carbocycles. The summed E-state index contributed by atoms with van der Waals surface area (Å²) in [7, 11) is 0. The third kappa shape index (κ3) is 6.68. The number of nitrogens with zero attached hydrogens (tertiary/aromatic N) is 7. The highest BCUT2D eigenvalue weighted by Crippen LogP contribution is 2.38. The number of benzene rings is 3. The standard InChI is InChI=1S/C40H37F2N9O4S/c41-31-20-28(50-12-9-34(52)45-40(50)55)8-5-25(31)21-47-13-15-48(16-14-47)27-6-3-24(4-7-27)26-18-29-30(32(42)19-26)22-51(38(29)54)36(37(53)46-39-43-10-17-56-39)35-33-2-1-11-49(33)23-44-35/h3-8,10,17-20,23,36H,1-2,9,11-16,21-22H2,(H,43,46,53)(H,45,52,55). The van der Waals surface area contributed by atoms with E-state index in [1.54, 1.807) is 36.1 Å². The van der Waals surface area contributed by atoms with Gasteiger partial charge in [-0.3, -0.25) is 34.8 Å². The van der Waals surface area contributed by atoms with E-state index in [1.807, 2.05) is 28.8 Å². The Labute approximate surface area is 324 Å². The van der Waals surface area contributed by atoms with Crippen LogP contribution in [0.25, 0.3) is 11.1 Å². The first-order chi connectivity index (χ1) is 27.2. The van der Waals surface area contributed by atoms with Gasteiger partial charge in [-0.2, -0.15) is 0 Å². The van der Waals surface area contributed by atoms with Crippen molar-refractivity contribution in [2.24, 2.45) is 0 Å². The Bertz CT molecular complexity index is 2360. The molecule has 2 fully saturated rings. The molecule has 0 bridgehead atoms. The number of carbonyl (C=O) groups excluding carboxylic acids is 4. The monoisotopic (exact) mass is 777 g/mol. The summed E-state index contributed by atoms with van der Waals surface area (Å²) in [5.41, 5.74) is 5.12. The van der Waals surface area contributed by atoms with Crippen molar-refractivity contribution in [2.75, 3.05) is 47.8 Å². The van der Waals surface area contributed by atoms with Crippen molar-refractivity contribution < 1.29 is 28.0 Å². The number of amides is 5. The van der Waals surface area contributed by atoms with E-state index in [2.05, 4.69) is 30.4 Å². The second-order valence-corrected chi connectivity index (χ2v) is 15.3. The minimum atomic E-state index is -1.06. The maximum Gasteiger partial charge on any atom is 0.328 e. The number of carbonyl (C=O) groups is 4. The van der Waals surface area contributed by atoms with Crippen LogP contribution in [0.15, 0.2) is 72.5 Å². The molecule has 1 unspecified atom stereocenters. The number of fused-ring (bicyclic) bond motifs is 2. The van der Waals surface area contributed by atoms with E-state index in [4.69, 9.17) is 0 Å². The van der Waals surface area contributed by atoms with Crippen LogP contribution in [0.5, 0.6) is 0 Å². The Morgan fingerprint density at radius 3 is 2.43 bits per heavy atom. The zero-order valence-electron chi connectivity index (χ0n) is 30.2. The topological polar surface area (TPSA) is 136 Å². The molecule has 2 saturated heterocycles. The lowest BCUT2D eigenvalue weighted by Crippen LogP contribution is -2.49. The molecular formula is C40H37F2N9O4S. The number of nitrogens with one attached hydrogen (secondary N) is 2. The van der Waals surface area contributed by atoms with Crippen LogP contribution in [-0.4, -0.2) is 80.8 Å². The van der Waals surface area contributed by atoms with Crippen LogP contribution in [0, 0.1) is 11.6 Å². The molecule has 1 atom stereocenters. The first kappa shape index (κ1) is 35.7. The largest absolute Gasteiger partial charge is 0.369 e. The molecule has 2 N–H and O–H groups in total. The molecule has 0 saturated carbocycles. The fourth-order valence-electron chi connectivity index (χ4n) is 8.08. The normalized spacial score (nSPS) is 17.6. The lowest BCUT2D eigenvalue weighted by molar-refractivity contribution is -0.121. The van der Waals surface area contributed by atoms with Gasteiger partial charge in [0.1, 0.15) is 11.6 Å². The molecule has 9 rings (SSSR count). The number of anilines is 3. The average molecular weight is 778 g/mol. The molecule has 56 heavy (non-hydrogen) atoms. The summed E-state index contributed by atoms with van der Waals surface area (Å²) in [6.07, 6.45) is 5.10. The van der Waals surface area contributed by atoms with Gasteiger partial charge in [0.25, 0.3) is 11.8 Å². The van der Waals surface area contributed by atoms with Gasteiger partial charge in [0.2, 0.25) is 5.91 Å². The number of rotatable bonds is 9. The van der Waals surface area contributed by atoms with Crippen LogP contribution in [0.1, 0.15) is 51.8 Å². The lowest BCUT2D eigenvalue weighted by atomic mass is 9.99. The van der Waals surface area contributed by atoms with Crippen LogP contribution in [0.4, 0.5) is 30.1 Å². The van der Waals surface area contributed by atoms with Crippen molar-refractivity contribution >= 4 is 51.6 Å². The highest BCUT2D eigenvalue weighted by Gasteiger charge is 2.42. The summed E-state index contributed by atoms with van der Waals surface area (Å²) in [5.74, 6) is -2.13. The minimum Gasteiger partial charge on any atom is -0.369 e. The predicted octanol–water partition coefficient (Wildman–Crippen LogP) is 5.34. The number of piperazine rings is 1. The second-order valence-electron chi connectivity index (χ2n) is 14.4. The Morgan fingerprint density at radius 2 is 1.68 bits per heavy atom. The molecule has 13 nitrogen and oxygen atoms in total. The van der Waals surface area contributed by atoms with E-state index < -0.39 is 35.5 Å². The number of aromatic nitrogens is 3.